The largest absolute Gasteiger partial charge is 0.462 e. The minimum atomic E-state index is -0.770. The molecule has 0 aliphatic rings. The molecule has 0 aromatic heterocycles. The van der Waals surface area contributed by atoms with Crippen LogP contribution in [0, 0.1) is 0 Å². The summed E-state index contributed by atoms with van der Waals surface area (Å²) >= 11 is 0. The number of esters is 3. The second kappa shape index (κ2) is 52.5. The molecule has 1 atom stereocenters. The summed E-state index contributed by atoms with van der Waals surface area (Å²) < 4.78 is 16.8. The predicted octanol–water partition coefficient (Wildman–Crippen LogP) is 18.3. The molecule has 0 heterocycles. The van der Waals surface area contributed by atoms with Crippen LogP contribution in [0.4, 0.5) is 0 Å². The summed E-state index contributed by atoms with van der Waals surface area (Å²) in [6, 6.07) is 0. The van der Waals surface area contributed by atoms with Gasteiger partial charge in [-0.2, -0.15) is 0 Å². The van der Waals surface area contributed by atoms with Crippen LogP contribution in [-0.2, 0) is 28.6 Å². The van der Waals surface area contributed by atoms with Gasteiger partial charge in [-0.15, -0.1) is 0 Å². The molecule has 0 spiro atoms. The van der Waals surface area contributed by atoms with Crippen LogP contribution in [0.3, 0.4) is 0 Å². The van der Waals surface area contributed by atoms with Gasteiger partial charge in [0.25, 0.3) is 0 Å². The van der Waals surface area contributed by atoms with Gasteiger partial charge in [-0.25, -0.2) is 0 Å². The smallest absolute Gasteiger partial charge is 0.306 e. The molecule has 0 aliphatic heterocycles. The number of unbranched alkanes of at least 4 members (excludes halogenated alkanes) is 36. The van der Waals surface area contributed by atoms with Gasteiger partial charge in [0.15, 0.2) is 6.10 Å². The lowest BCUT2D eigenvalue weighted by molar-refractivity contribution is -0.167. The third kappa shape index (κ3) is 50.7. The molecular weight excluding hydrogens is 781 g/mol. The topological polar surface area (TPSA) is 78.9 Å². The van der Waals surface area contributed by atoms with E-state index < -0.39 is 6.10 Å². The van der Waals surface area contributed by atoms with Gasteiger partial charge in [-0.05, 0) is 70.6 Å². The Hall–Kier alpha value is -2.11. The molecule has 0 aromatic rings. The summed E-state index contributed by atoms with van der Waals surface area (Å²) in [6.07, 6.45) is 60.3. The van der Waals surface area contributed by atoms with E-state index in [0.717, 1.165) is 64.2 Å². The normalized spacial score (nSPS) is 12.1. The Morgan fingerprint density at radius 3 is 0.810 bits per heavy atom. The first-order valence-corrected chi connectivity index (χ1v) is 27.8. The molecule has 0 rings (SSSR count). The van der Waals surface area contributed by atoms with Gasteiger partial charge >= 0.3 is 17.9 Å². The van der Waals surface area contributed by atoms with Crippen molar-refractivity contribution in [1.82, 2.24) is 0 Å². The van der Waals surface area contributed by atoms with Crippen molar-refractivity contribution in [3.63, 3.8) is 0 Å². The number of carbonyl (C=O) groups is 3. The maximum absolute atomic E-state index is 12.8. The molecule has 0 saturated carbocycles. The highest BCUT2D eigenvalue weighted by Crippen LogP contribution is 2.16. The van der Waals surface area contributed by atoms with E-state index in [1.54, 1.807) is 0 Å². The zero-order valence-electron chi connectivity index (χ0n) is 42.4. The average Bonchev–Trinajstić information content (AvgIpc) is 3.28. The van der Waals surface area contributed by atoms with Crippen LogP contribution in [-0.4, -0.2) is 37.2 Å². The molecule has 0 fully saturated rings. The van der Waals surface area contributed by atoms with E-state index in [-0.39, 0.29) is 31.1 Å². The molecule has 6 heteroatoms. The minimum Gasteiger partial charge on any atom is -0.462 e. The minimum absolute atomic E-state index is 0.0707. The number of hydrogen-bond donors (Lipinski definition) is 0. The molecular formula is C57H106O6. The Labute approximate surface area is 392 Å². The van der Waals surface area contributed by atoms with Crippen LogP contribution in [0.5, 0.6) is 0 Å². The van der Waals surface area contributed by atoms with Crippen molar-refractivity contribution in [2.24, 2.45) is 0 Å². The quantitative estimate of drug-likeness (QED) is 0.0262. The summed E-state index contributed by atoms with van der Waals surface area (Å²) in [4.78, 5) is 38.0. The predicted molar refractivity (Wildman–Crippen MR) is 270 cm³/mol. The lowest BCUT2D eigenvalue weighted by atomic mass is 10.0. The summed E-state index contributed by atoms with van der Waals surface area (Å²) in [5.41, 5.74) is 0. The van der Waals surface area contributed by atoms with Crippen molar-refractivity contribution in [1.29, 1.82) is 0 Å². The second-order valence-corrected chi connectivity index (χ2v) is 18.8. The number of hydrogen-bond acceptors (Lipinski definition) is 6. The Morgan fingerprint density at radius 2 is 0.524 bits per heavy atom. The molecule has 0 amide bonds. The van der Waals surface area contributed by atoms with Crippen LogP contribution in [0.25, 0.3) is 0 Å². The monoisotopic (exact) mass is 887 g/mol. The molecule has 0 saturated heterocycles. The third-order valence-electron chi connectivity index (χ3n) is 12.4. The lowest BCUT2D eigenvalue weighted by Gasteiger charge is -2.18. The zero-order chi connectivity index (χ0) is 45.8. The van der Waals surface area contributed by atoms with E-state index in [1.807, 2.05) is 0 Å². The van der Waals surface area contributed by atoms with Crippen LogP contribution < -0.4 is 0 Å². The Kier molecular flexibility index (Phi) is 50.8. The first kappa shape index (κ1) is 60.9. The standard InChI is InChI=1S/C57H106O6/c1-4-7-10-13-16-19-22-24-25-26-27-28-29-30-31-33-35-38-41-44-47-50-56(59)62-53-54(52-61-55(58)49-46-43-40-37-34-21-18-15-12-9-6-3)63-57(60)51-48-45-42-39-36-32-23-20-17-14-11-8-5-2/h20,23-25,54H,4-19,21-22,26-53H2,1-3H3/b23-20-,25-24-/t54-/m0/s1. The maximum atomic E-state index is 12.8. The highest BCUT2D eigenvalue weighted by molar-refractivity contribution is 5.71. The van der Waals surface area contributed by atoms with Crippen molar-refractivity contribution in [2.75, 3.05) is 13.2 Å². The van der Waals surface area contributed by atoms with Gasteiger partial charge in [-0.1, -0.05) is 238 Å². The van der Waals surface area contributed by atoms with Gasteiger partial charge in [0, 0.05) is 19.3 Å². The zero-order valence-corrected chi connectivity index (χ0v) is 42.4. The SMILES string of the molecule is CCCCCC/C=C\CCCCCCCC(=O)O[C@@H](COC(=O)CCCCCCCCCCCCC)COC(=O)CCCCCCCCCCCCC/C=C\CCCCCCCC. The van der Waals surface area contributed by atoms with Crippen molar-refractivity contribution in [3.8, 4) is 0 Å². The third-order valence-corrected chi connectivity index (χ3v) is 12.4. The average molecular weight is 887 g/mol. The molecule has 0 N–H and O–H groups in total. The first-order chi connectivity index (χ1) is 31.0. The molecule has 0 unspecified atom stereocenters. The van der Waals surface area contributed by atoms with Crippen molar-refractivity contribution in [3.05, 3.63) is 24.3 Å². The van der Waals surface area contributed by atoms with Crippen LogP contribution in [0.15, 0.2) is 24.3 Å². The molecule has 370 valence electrons. The molecule has 0 aromatic carbocycles. The van der Waals surface area contributed by atoms with Gasteiger partial charge in [-0.3, -0.25) is 14.4 Å². The van der Waals surface area contributed by atoms with Gasteiger partial charge in [0.05, 0.1) is 0 Å². The highest BCUT2D eigenvalue weighted by atomic mass is 16.6. The van der Waals surface area contributed by atoms with E-state index in [9.17, 15) is 14.4 Å². The fourth-order valence-corrected chi connectivity index (χ4v) is 8.20. The van der Waals surface area contributed by atoms with Crippen LogP contribution in [0.1, 0.15) is 303 Å². The lowest BCUT2D eigenvalue weighted by Crippen LogP contribution is -2.30. The summed E-state index contributed by atoms with van der Waals surface area (Å²) in [6.45, 7) is 6.64. The van der Waals surface area contributed by atoms with Crippen LogP contribution >= 0.6 is 0 Å². The first-order valence-electron chi connectivity index (χ1n) is 27.8. The van der Waals surface area contributed by atoms with Crippen molar-refractivity contribution < 1.29 is 28.6 Å². The van der Waals surface area contributed by atoms with Gasteiger partial charge < -0.3 is 14.2 Å². The van der Waals surface area contributed by atoms with E-state index in [0.29, 0.717) is 19.3 Å². The summed E-state index contributed by atoms with van der Waals surface area (Å²) in [5, 5.41) is 0. The van der Waals surface area contributed by atoms with Crippen molar-refractivity contribution >= 4 is 17.9 Å². The Morgan fingerprint density at radius 1 is 0.302 bits per heavy atom. The van der Waals surface area contributed by atoms with E-state index in [2.05, 4.69) is 45.1 Å². The second-order valence-electron chi connectivity index (χ2n) is 18.8. The Balaban J connectivity index is 4.25. The fraction of sp³-hybridized carbons (Fsp3) is 0.877. The van der Waals surface area contributed by atoms with E-state index in [4.69, 9.17) is 14.2 Å². The number of allylic oxidation sites excluding steroid dienone is 4. The molecule has 63 heavy (non-hydrogen) atoms. The van der Waals surface area contributed by atoms with Crippen molar-refractivity contribution in [2.45, 2.75) is 309 Å². The van der Waals surface area contributed by atoms with E-state index in [1.165, 1.54) is 199 Å². The summed E-state index contributed by atoms with van der Waals surface area (Å²) in [5.74, 6) is -0.866. The number of carbonyl (C=O) groups excluding carboxylic acids is 3. The van der Waals surface area contributed by atoms with Crippen LogP contribution in [0.2, 0.25) is 0 Å². The molecule has 0 bridgehead atoms. The summed E-state index contributed by atoms with van der Waals surface area (Å²) in [7, 11) is 0. The highest BCUT2D eigenvalue weighted by Gasteiger charge is 2.19. The number of rotatable bonds is 51. The molecule has 0 radical (unpaired) electrons. The molecule has 0 aliphatic carbocycles. The fourth-order valence-electron chi connectivity index (χ4n) is 8.20. The maximum Gasteiger partial charge on any atom is 0.306 e. The van der Waals surface area contributed by atoms with E-state index >= 15 is 0 Å². The molecule has 6 nitrogen and oxygen atoms in total. The van der Waals surface area contributed by atoms with Gasteiger partial charge in [0.1, 0.15) is 13.2 Å². The number of ether oxygens (including phenoxy) is 3. The van der Waals surface area contributed by atoms with Gasteiger partial charge in [0.2, 0.25) is 0 Å². The Bertz CT molecular complexity index is 1020.